The molecule has 0 saturated heterocycles. The highest BCUT2D eigenvalue weighted by Gasteiger charge is 2.08. The van der Waals surface area contributed by atoms with Gasteiger partial charge in [-0.15, -0.1) is 0 Å². The highest BCUT2D eigenvalue weighted by Crippen LogP contribution is 2.24. The molecule has 1 heterocycles. The highest BCUT2D eigenvalue weighted by atomic mass is 14.6. The molecule has 21 heavy (non-hydrogen) atoms. The zero-order valence-electron chi connectivity index (χ0n) is 12.9. The molecule has 106 valence electrons. The number of hydrogen-bond acceptors (Lipinski definition) is 1. The molecule has 0 spiro atoms. The zero-order valence-corrected chi connectivity index (χ0v) is 12.9. The van der Waals surface area contributed by atoms with Crippen LogP contribution in [-0.2, 0) is 6.42 Å². The lowest BCUT2D eigenvalue weighted by atomic mass is 9.92. The van der Waals surface area contributed by atoms with Gasteiger partial charge in [-0.2, -0.15) is 0 Å². The summed E-state index contributed by atoms with van der Waals surface area (Å²) in [5.41, 5.74) is 6.53. The Labute approximate surface area is 126 Å². The van der Waals surface area contributed by atoms with Gasteiger partial charge in [0.2, 0.25) is 0 Å². The SMILES string of the molecule is Cc1ccc(Cc2cnc3ccccc3c2)c(C(C)C)c1. The summed E-state index contributed by atoms with van der Waals surface area (Å²) in [6.45, 7) is 6.68. The molecular weight excluding hydrogens is 254 g/mol. The molecule has 1 nitrogen and oxygen atoms in total. The molecule has 0 radical (unpaired) electrons. The molecule has 0 aliphatic carbocycles. The Morgan fingerprint density at radius 3 is 2.62 bits per heavy atom. The van der Waals surface area contributed by atoms with E-state index in [0.717, 1.165) is 11.9 Å². The average Bonchev–Trinajstić information content (AvgIpc) is 2.49. The van der Waals surface area contributed by atoms with E-state index in [2.05, 4.69) is 68.2 Å². The van der Waals surface area contributed by atoms with Gasteiger partial charge < -0.3 is 0 Å². The first-order chi connectivity index (χ1) is 10.1. The van der Waals surface area contributed by atoms with Crippen LogP contribution in [0.1, 0.15) is 42.0 Å². The van der Waals surface area contributed by atoms with Gasteiger partial charge in [0.25, 0.3) is 0 Å². The number of fused-ring (bicyclic) bond motifs is 1. The number of aryl methyl sites for hydroxylation is 1. The molecule has 0 atom stereocenters. The minimum Gasteiger partial charge on any atom is -0.256 e. The van der Waals surface area contributed by atoms with Crippen LogP contribution in [0.3, 0.4) is 0 Å². The first kappa shape index (κ1) is 13.8. The third kappa shape index (κ3) is 2.97. The van der Waals surface area contributed by atoms with Crippen molar-refractivity contribution in [2.24, 2.45) is 0 Å². The lowest BCUT2D eigenvalue weighted by molar-refractivity contribution is 0.846. The van der Waals surface area contributed by atoms with Gasteiger partial charge in [0.05, 0.1) is 5.52 Å². The fourth-order valence-electron chi connectivity index (χ4n) is 2.85. The third-order valence-corrected chi connectivity index (χ3v) is 3.97. The summed E-state index contributed by atoms with van der Waals surface area (Å²) < 4.78 is 0. The Morgan fingerprint density at radius 2 is 1.81 bits per heavy atom. The van der Waals surface area contributed by atoms with E-state index in [-0.39, 0.29) is 0 Å². The van der Waals surface area contributed by atoms with E-state index in [9.17, 15) is 0 Å². The van der Waals surface area contributed by atoms with Crippen molar-refractivity contribution in [2.45, 2.75) is 33.1 Å². The van der Waals surface area contributed by atoms with E-state index in [0.29, 0.717) is 5.92 Å². The maximum absolute atomic E-state index is 4.57. The van der Waals surface area contributed by atoms with E-state index in [4.69, 9.17) is 0 Å². The fourth-order valence-corrected chi connectivity index (χ4v) is 2.85. The minimum absolute atomic E-state index is 0.549. The van der Waals surface area contributed by atoms with Gasteiger partial charge in [-0.05, 0) is 48.1 Å². The van der Waals surface area contributed by atoms with Crippen molar-refractivity contribution in [3.63, 3.8) is 0 Å². The number of nitrogens with zero attached hydrogens (tertiary/aromatic N) is 1. The van der Waals surface area contributed by atoms with Gasteiger partial charge in [0.15, 0.2) is 0 Å². The number of pyridine rings is 1. The summed E-state index contributed by atoms with van der Waals surface area (Å²) in [4.78, 5) is 4.57. The molecule has 1 heteroatoms. The Hall–Kier alpha value is -2.15. The van der Waals surface area contributed by atoms with E-state index in [1.54, 1.807) is 0 Å². The number of aromatic nitrogens is 1. The summed E-state index contributed by atoms with van der Waals surface area (Å²) in [6, 6.07) is 17.3. The number of para-hydroxylation sites is 1. The van der Waals surface area contributed by atoms with Crippen LogP contribution in [0.5, 0.6) is 0 Å². The molecule has 0 fully saturated rings. The Kier molecular flexibility index (Phi) is 3.74. The second-order valence-electron chi connectivity index (χ2n) is 6.07. The lowest BCUT2D eigenvalue weighted by Crippen LogP contribution is -1.99. The maximum atomic E-state index is 4.57. The first-order valence-corrected chi connectivity index (χ1v) is 7.56. The first-order valence-electron chi connectivity index (χ1n) is 7.56. The van der Waals surface area contributed by atoms with E-state index >= 15 is 0 Å². The Balaban J connectivity index is 1.98. The van der Waals surface area contributed by atoms with Crippen molar-refractivity contribution in [3.05, 3.63) is 77.0 Å². The van der Waals surface area contributed by atoms with Crippen LogP contribution in [0.15, 0.2) is 54.7 Å². The molecule has 3 aromatic rings. The second kappa shape index (κ2) is 5.69. The van der Waals surface area contributed by atoms with E-state index < -0.39 is 0 Å². The van der Waals surface area contributed by atoms with Crippen LogP contribution in [0.2, 0.25) is 0 Å². The molecule has 3 rings (SSSR count). The van der Waals surface area contributed by atoms with Crippen molar-refractivity contribution >= 4 is 10.9 Å². The van der Waals surface area contributed by atoms with Crippen molar-refractivity contribution in [2.75, 3.05) is 0 Å². The molecule has 0 unspecified atom stereocenters. The van der Waals surface area contributed by atoms with Gasteiger partial charge in [0, 0.05) is 11.6 Å². The summed E-state index contributed by atoms with van der Waals surface area (Å²) in [5.74, 6) is 0.549. The molecule has 0 saturated carbocycles. The summed E-state index contributed by atoms with van der Waals surface area (Å²) >= 11 is 0. The molecule has 0 bridgehead atoms. The Morgan fingerprint density at radius 1 is 1.00 bits per heavy atom. The average molecular weight is 275 g/mol. The second-order valence-corrected chi connectivity index (χ2v) is 6.07. The summed E-state index contributed by atoms with van der Waals surface area (Å²) in [6.07, 6.45) is 2.96. The van der Waals surface area contributed by atoms with Gasteiger partial charge in [-0.25, -0.2) is 0 Å². The lowest BCUT2D eigenvalue weighted by Gasteiger charge is -2.14. The summed E-state index contributed by atoms with van der Waals surface area (Å²) in [7, 11) is 0. The van der Waals surface area contributed by atoms with Gasteiger partial charge >= 0.3 is 0 Å². The van der Waals surface area contributed by atoms with Gasteiger partial charge in [0.1, 0.15) is 0 Å². The van der Waals surface area contributed by atoms with Crippen LogP contribution in [-0.4, -0.2) is 4.98 Å². The van der Waals surface area contributed by atoms with Gasteiger partial charge in [-0.3, -0.25) is 4.98 Å². The zero-order chi connectivity index (χ0) is 14.8. The largest absolute Gasteiger partial charge is 0.256 e. The molecule has 1 aromatic heterocycles. The fraction of sp³-hybridized carbons (Fsp3) is 0.250. The number of rotatable bonds is 3. The van der Waals surface area contributed by atoms with Crippen molar-refractivity contribution < 1.29 is 0 Å². The molecule has 2 aromatic carbocycles. The third-order valence-electron chi connectivity index (χ3n) is 3.97. The topological polar surface area (TPSA) is 12.9 Å². The molecule has 0 N–H and O–H groups in total. The van der Waals surface area contributed by atoms with Crippen molar-refractivity contribution in [1.82, 2.24) is 4.98 Å². The predicted molar refractivity (Wildman–Crippen MR) is 89.8 cm³/mol. The molecule has 0 aliphatic rings. The minimum atomic E-state index is 0.549. The number of benzene rings is 2. The standard InChI is InChI=1S/C20H21N/c1-14(2)19-10-15(3)8-9-17(19)11-16-12-18-6-4-5-7-20(18)21-13-16/h4-10,12-14H,11H2,1-3H3. The van der Waals surface area contributed by atoms with E-state index in [1.807, 2.05) is 12.3 Å². The van der Waals surface area contributed by atoms with Crippen LogP contribution in [0, 0.1) is 6.92 Å². The van der Waals surface area contributed by atoms with Crippen LogP contribution >= 0.6 is 0 Å². The quantitative estimate of drug-likeness (QED) is 0.635. The summed E-state index contributed by atoms with van der Waals surface area (Å²) in [5, 5.41) is 1.22. The predicted octanol–water partition coefficient (Wildman–Crippen LogP) is 5.26. The smallest absolute Gasteiger partial charge is 0.0702 e. The molecular formula is C20H21N. The van der Waals surface area contributed by atoms with Gasteiger partial charge in [-0.1, -0.05) is 55.8 Å². The van der Waals surface area contributed by atoms with Crippen LogP contribution in [0.25, 0.3) is 10.9 Å². The maximum Gasteiger partial charge on any atom is 0.0702 e. The normalized spacial score (nSPS) is 11.2. The number of hydrogen-bond donors (Lipinski definition) is 0. The van der Waals surface area contributed by atoms with Crippen LogP contribution < -0.4 is 0 Å². The van der Waals surface area contributed by atoms with Crippen LogP contribution in [0.4, 0.5) is 0 Å². The monoisotopic (exact) mass is 275 g/mol. The molecule has 0 amide bonds. The Bertz CT molecular complexity index is 772. The van der Waals surface area contributed by atoms with E-state index in [1.165, 1.54) is 27.6 Å². The molecule has 0 aliphatic heterocycles. The highest BCUT2D eigenvalue weighted by molar-refractivity contribution is 5.78. The van der Waals surface area contributed by atoms with Crippen molar-refractivity contribution in [3.8, 4) is 0 Å². The van der Waals surface area contributed by atoms with Crippen molar-refractivity contribution in [1.29, 1.82) is 0 Å².